The molecule has 0 bridgehead atoms. The van der Waals surface area contributed by atoms with Gasteiger partial charge in [-0.05, 0) is 54.1 Å². The summed E-state index contributed by atoms with van der Waals surface area (Å²) in [5.41, 5.74) is 0.748. The molecule has 0 saturated carbocycles. The normalized spacial score (nSPS) is 15.4. The van der Waals surface area contributed by atoms with Crippen LogP contribution in [0.2, 0.25) is 0 Å². The summed E-state index contributed by atoms with van der Waals surface area (Å²) in [5.74, 6) is -0.347. The van der Waals surface area contributed by atoms with Gasteiger partial charge in [-0.1, -0.05) is 30.3 Å². The number of carbonyl (C=O) groups is 3. The SMILES string of the molecule is CCOc1ccc(N2C(=O)NC(=O)/C(=C/c3c(OC)ccc4ccccc34)C2=O)cc1. The Kier molecular flexibility index (Phi) is 5.41. The highest BCUT2D eigenvalue weighted by atomic mass is 16.5. The lowest BCUT2D eigenvalue weighted by atomic mass is 9.99. The van der Waals surface area contributed by atoms with Crippen LogP contribution in [0.25, 0.3) is 16.8 Å². The summed E-state index contributed by atoms with van der Waals surface area (Å²) >= 11 is 0. The van der Waals surface area contributed by atoms with Crippen LogP contribution in [-0.4, -0.2) is 31.6 Å². The Morgan fingerprint density at radius 3 is 2.42 bits per heavy atom. The number of urea groups is 1. The molecule has 1 heterocycles. The minimum absolute atomic E-state index is 0.164. The van der Waals surface area contributed by atoms with Gasteiger partial charge in [-0.25, -0.2) is 9.69 Å². The number of rotatable bonds is 5. The first-order chi connectivity index (χ1) is 15.0. The van der Waals surface area contributed by atoms with Crippen LogP contribution in [0.5, 0.6) is 11.5 Å². The fourth-order valence-electron chi connectivity index (χ4n) is 3.50. The lowest BCUT2D eigenvalue weighted by Crippen LogP contribution is -2.54. The molecule has 0 aliphatic carbocycles. The van der Waals surface area contributed by atoms with Crippen LogP contribution < -0.4 is 19.7 Å². The zero-order chi connectivity index (χ0) is 22.0. The van der Waals surface area contributed by atoms with E-state index >= 15 is 0 Å². The fourth-order valence-corrected chi connectivity index (χ4v) is 3.50. The Morgan fingerprint density at radius 1 is 0.968 bits per heavy atom. The van der Waals surface area contributed by atoms with Crippen LogP contribution in [0.3, 0.4) is 0 Å². The highest BCUT2D eigenvalue weighted by Gasteiger charge is 2.37. The largest absolute Gasteiger partial charge is 0.496 e. The number of hydrogen-bond acceptors (Lipinski definition) is 5. The Balaban J connectivity index is 1.79. The van der Waals surface area contributed by atoms with Gasteiger partial charge in [0, 0.05) is 5.56 Å². The third kappa shape index (κ3) is 3.73. The van der Waals surface area contributed by atoms with Gasteiger partial charge in [0.2, 0.25) is 0 Å². The van der Waals surface area contributed by atoms with Crippen molar-refractivity contribution in [1.82, 2.24) is 5.32 Å². The molecule has 4 amide bonds. The Morgan fingerprint density at radius 2 is 1.71 bits per heavy atom. The average Bonchev–Trinajstić information content (AvgIpc) is 2.77. The molecule has 3 aromatic carbocycles. The van der Waals surface area contributed by atoms with Crippen molar-refractivity contribution in [2.75, 3.05) is 18.6 Å². The second-order valence-electron chi connectivity index (χ2n) is 6.79. The van der Waals surface area contributed by atoms with Crippen LogP contribution >= 0.6 is 0 Å². The molecule has 0 radical (unpaired) electrons. The zero-order valence-corrected chi connectivity index (χ0v) is 17.0. The summed E-state index contributed by atoms with van der Waals surface area (Å²) in [6.07, 6.45) is 1.47. The van der Waals surface area contributed by atoms with E-state index in [-0.39, 0.29) is 5.57 Å². The summed E-state index contributed by atoms with van der Waals surface area (Å²) in [6.45, 7) is 2.36. The smallest absolute Gasteiger partial charge is 0.335 e. The van der Waals surface area contributed by atoms with Crippen LogP contribution in [0.4, 0.5) is 10.5 Å². The third-order valence-electron chi connectivity index (χ3n) is 4.95. The summed E-state index contributed by atoms with van der Waals surface area (Å²) in [5, 5.41) is 3.99. The molecule has 0 atom stereocenters. The van der Waals surface area contributed by atoms with Crippen molar-refractivity contribution in [3.8, 4) is 11.5 Å². The number of barbiturate groups is 1. The maximum atomic E-state index is 13.2. The van der Waals surface area contributed by atoms with E-state index in [2.05, 4.69) is 5.32 Å². The number of anilines is 1. The number of hydrogen-bond donors (Lipinski definition) is 1. The van der Waals surface area contributed by atoms with E-state index in [1.165, 1.54) is 13.2 Å². The quantitative estimate of drug-likeness (QED) is 0.504. The molecule has 1 aliphatic heterocycles. The van der Waals surface area contributed by atoms with E-state index in [1.807, 2.05) is 37.3 Å². The molecule has 7 heteroatoms. The predicted octanol–water partition coefficient (Wildman–Crippen LogP) is 3.91. The molecule has 0 aromatic heterocycles. The van der Waals surface area contributed by atoms with E-state index in [0.717, 1.165) is 15.7 Å². The number of nitrogens with zero attached hydrogens (tertiary/aromatic N) is 1. The summed E-state index contributed by atoms with van der Waals surface area (Å²) < 4.78 is 10.9. The van der Waals surface area contributed by atoms with Crippen molar-refractivity contribution in [2.24, 2.45) is 0 Å². The predicted molar refractivity (Wildman–Crippen MR) is 117 cm³/mol. The Labute approximate surface area is 178 Å². The van der Waals surface area contributed by atoms with Gasteiger partial charge in [-0.15, -0.1) is 0 Å². The minimum atomic E-state index is -0.804. The number of benzene rings is 3. The van der Waals surface area contributed by atoms with Crippen molar-refractivity contribution in [3.63, 3.8) is 0 Å². The number of ether oxygens (including phenoxy) is 2. The molecule has 3 aromatic rings. The molecule has 0 unspecified atom stereocenters. The van der Waals surface area contributed by atoms with E-state index in [1.54, 1.807) is 30.3 Å². The fraction of sp³-hybridized carbons (Fsp3) is 0.125. The number of nitrogens with one attached hydrogen (secondary N) is 1. The molecular weight excluding hydrogens is 396 g/mol. The number of amides is 4. The molecule has 1 N–H and O–H groups in total. The molecular formula is C24H20N2O5. The van der Waals surface area contributed by atoms with Gasteiger partial charge in [0.05, 0.1) is 19.4 Å². The average molecular weight is 416 g/mol. The van der Waals surface area contributed by atoms with Crippen LogP contribution in [0.1, 0.15) is 12.5 Å². The highest BCUT2D eigenvalue weighted by molar-refractivity contribution is 6.39. The van der Waals surface area contributed by atoms with Crippen molar-refractivity contribution in [3.05, 3.63) is 71.8 Å². The molecule has 1 aliphatic rings. The van der Waals surface area contributed by atoms with Crippen LogP contribution in [0.15, 0.2) is 66.2 Å². The van der Waals surface area contributed by atoms with Crippen molar-refractivity contribution in [1.29, 1.82) is 0 Å². The van der Waals surface area contributed by atoms with E-state index in [4.69, 9.17) is 9.47 Å². The van der Waals surface area contributed by atoms with Crippen LogP contribution in [0, 0.1) is 0 Å². The summed E-state index contributed by atoms with van der Waals surface area (Å²) in [4.78, 5) is 39.1. The Bertz CT molecular complexity index is 1210. The van der Waals surface area contributed by atoms with Crippen molar-refractivity contribution in [2.45, 2.75) is 6.92 Å². The van der Waals surface area contributed by atoms with Crippen molar-refractivity contribution < 1.29 is 23.9 Å². The molecule has 0 spiro atoms. The number of imide groups is 2. The summed E-state index contributed by atoms with van der Waals surface area (Å²) in [6, 6.07) is 16.9. The minimum Gasteiger partial charge on any atom is -0.496 e. The molecule has 4 rings (SSSR count). The van der Waals surface area contributed by atoms with Gasteiger partial charge in [0.25, 0.3) is 11.8 Å². The first-order valence-corrected chi connectivity index (χ1v) is 9.73. The molecule has 7 nitrogen and oxygen atoms in total. The van der Waals surface area contributed by atoms with Gasteiger partial charge < -0.3 is 9.47 Å². The van der Waals surface area contributed by atoms with E-state index in [0.29, 0.717) is 29.4 Å². The van der Waals surface area contributed by atoms with Gasteiger partial charge in [-0.3, -0.25) is 14.9 Å². The Hall–Kier alpha value is -4.13. The van der Waals surface area contributed by atoms with E-state index in [9.17, 15) is 14.4 Å². The first kappa shape index (κ1) is 20.2. The van der Waals surface area contributed by atoms with E-state index < -0.39 is 17.8 Å². The van der Waals surface area contributed by atoms with Gasteiger partial charge in [-0.2, -0.15) is 0 Å². The maximum Gasteiger partial charge on any atom is 0.335 e. The lowest BCUT2D eigenvalue weighted by Gasteiger charge is -2.26. The topological polar surface area (TPSA) is 84.9 Å². The number of methoxy groups -OCH3 is 1. The molecule has 156 valence electrons. The zero-order valence-electron chi connectivity index (χ0n) is 17.0. The van der Waals surface area contributed by atoms with Gasteiger partial charge in [0.1, 0.15) is 17.1 Å². The molecule has 31 heavy (non-hydrogen) atoms. The maximum absolute atomic E-state index is 13.2. The first-order valence-electron chi connectivity index (χ1n) is 9.73. The van der Waals surface area contributed by atoms with Crippen molar-refractivity contribution >= 4 is 40.4 Å². The van der Waals surface area contributed by atoms with Crippen LogP contribution in [-0.2, 0) is 9.59 Å². The van der Waals surface area contributed by atoms with Gasteiger partial charge >= 0.3 is 6.03 Å². The second kappa shape index (κ2) is 8.31. The second-order valence-corrected chi connectivity index (χ2v) is 6.79. The lowest BCUT2D eigenvalue weighted by molar-refractivity contribution is -0.122. The molecule has 1 saturated heterocycles. The third-order valence-corrected chi connectivity index (χ3v) is 4.95. The molecule has 1 fully saturated rings. The highest BCUT2D eigenvalue weighted by Crippen LogP contribution is 2.31. The number of fused-ring (bicyclic) bond motifs is 1. The number of carbonyl (C=O) groups excluding carboxylic acids is 3. The monoisotopic (exact) mass is 416 g/mol. The van der Waals surface area contributed by atoms with Gasteiger partial charge in [0.15, 0.2) is 0 Å². The summed E-state index contributed by atoms with van der Waals surface area (Å²) in [7, 11) is 1.52. The standard InChI is InChI=1S/C24H20N2O5/c1-3-31-17-11-9-16(10-12-17)26-23(28)20(22(27)25-24(26)29)14-19-18-7-5-4-6-15(18)8-13-21(19)30-2/h4-14H,3H2,1-2H3,(H,25,27,29)/b20-14-.